The number of fused-ring (bicyclic) bond motifs is 1. The Hall–Kier alpha value is -2.17. The summed E-state index contributed by atoms with van der Waals surface area (Å²) in [4.78, 5) is 10.7. The lowest BCUT2D eigenvalue weighted by molar-refractivity contribution is -0.118. The molecule has 0 unspecified atom stereocenters. The van der Waals surface area contributed by atoms with Crippen molar-refractivity contribution in [3.05, 3.63) is 23.8 Å². The van der Waals surface area contributed by atoms with Crippen molar-refractivity contribution in [2.24, 2.45) is 0 Å². The van der Waals surface area contributed by atoms with E-state index in [1.807, 2.05) is 24.3 Å². The van der Waals surface area contributed by atoms with Crippen LogP contribution in [0.3, 0.4) is 0 Å². The molecule has 5 heteroatoms. The minimum atomic E-state index is -0.0529. The summed E-state index contributed by atoms with van der Waals surface area (Å²) < 4.78 is 15.9. The molecule has 18 heavy (non-hydrogen) atoms. The number of methoxy groups -OCH3 is 1. The Balaban J connectivity index is 2.12. The Morgan fingerprint density at radius 1 is 1.50 bits per heavy atom. The maximum atomic E-state index is 10.7. The van der Waals surface area contributed by atoms with E-state index in [4.69, 9.17) is 14.2 Å². The summed E-state index contributed by atoms with van der Waals surface area (Å²) in [5.41, 5.74) is 0.932. The third kappa shape index (κ3) is 2.74. The smallest absolute Gasteiger partial charge is 0.231 e. The number of ether oxygens (including phenoxy) is 3. The average molecular weight is 249 g/mol. The molecule has 1 aliphatic rings. The quantitative estimate of drug-likeness (QED) is 0.880. The molecular formula is C13H15NO4. The van der Waals surface area contributed by atoms with Crippen LogP contribution >= 0.6 is 0 Å². The number of carbonyl (C=O) groups is 1. The fraction of sp³-hybridized carbons (Fsp3) is 0.308. The van der Waals surface area contributed by atoms with Crippen molar-refractivity contribution in [3.63, 3.8) is 0 Å². The maximum Gasteiger partial charge on any atom is 0.231 e. The molecule has 2 rings (SSSR count). The molecule has 1 heterocycles. The van der Waals surface area contributed by atoms with Crippen LogP contribution in [0.25, 0.3) is 6.08 Å². The highest BCUT2D eigenvalue weighted by Gasteiger charge is 2.19. The second kappa shape index (κ2) is 5.44. The van der Waals surface area contributed by atoms with Gasteiger partial charge in [0.15, 0.2) is 11.5 Å². The highest BCUT2D eigenvalue weighted by molar-refractivity contribution is 5.73. The highest BCUT2D eigenvalue weighted by atomic mass is 16.7. The van der Waals surface area contributed by atoms with Crippen LogP contribution in [0.5, 0.6) is 17.2 Å². The third-order valence-electron chi connectivity index (χ3n) is 2.46. The van der Waals surface area contributed by atoms with Gasteiger partial charge >= 0.3 is 0 Å². The Bertz CT molecular complexity index is 482. The number of amides is 1. The second-order valence-electron chi connectivity index (χ2n) is 3.80. The number of rotatable bonds is 4. The van der Waals surface area contributed by atoms with Crippen molar-refractivity contribution >= 4 is 12.0 Å². The first kappa shape index (κ1) is 12.3. The zero-order chi connectivity index (χ0) is 13.0. The number of benzene rings is 1. The van der Waals surface area contributed by atoms with Crippen molar-refractivity contribution in [2.45, 2.75) is 6.92 Å². The summed E-state index contributed by atoms with van der Waals surface area (Å²) in [7, 11) is 1.59. The zero-order valence-electron chi connectivity index (χ0n) is 10.4. The topological polar surface area (TPSA) is 56.8 Å². The van der Waals surface area contributed by atoms with Crippen LogP contribution in [0, 0.1) is 0 Å². The van der Waals surface area contributed by atoms with Gasteiger partial charge in [0, 0.05) is 13.5 Å². The molecule has 0 aromatic heterocycles. The summed E-state index contributed by atoms with van der Waals surface area (Å²) in [5.74, 6) is 1.90. The van der Waals surface area contributed by atoms with Gasteiger partial charge in [0.05, 0.1) is 7.11 Å². The SMILES string of the molecule is COc1cc(C=CCNC(C)=O)cc2c1OCO2. The molecule has 0 saturated heterocycles. The van der Waals surface area contributed by atoms with Crippen LogP contribution in [0.4, 0.5) is 0 Å². The molecule has 5 nitrogen and oxygen atoms in total. The fourth-order valence-corrected chi connectivity index (χ4v) is 1.64. The predicted octanol–water partition coefficient (Wildman–Crippen LogP) is 1.57. The van der Waals surface area contributed by atoms with Gasteiger partial charge in [-0.1, -0.05) is 12.2 Å². The van der Waals surface area contributed by atoms with E-state index in [9.17, 15) is 4.79 Å². The lowest BCUT2D eigenvalue weighted by Gasteiger charge is -2.05. The molecular weight excluding hydrogens is 234 g/mol. The number of hydrogen-bond acceptors (Lipinski definition) is 4. The van der Waals surface area contributed by atoms with Gasteiger partial charge in [0.1, 0.15) is 0 Å². The van der Waals surface area contributed by atoms with Gasteiger partial charge in [-0.05, 0) is 17.7 Å². The maximum absolute atomic E-state index is 10.7. The lowest BCUT2D eigenvalue weighted by Crippen LogP contribution is -2.19. The molecule has 1 aromatic rings. The number of carbonyl (C=O) groups excluding carboxylic acids is 1. The zero-order valence-corrected chi connectivity index (χ0v) is 10.4. The van der Waals surface area contributed by atoms with Crippen molar-refractivity contribution in [1.29, 1.82) is 0 Å². The first-order chi connectivity index (χ1) is 8.70. The molecule has 0 spiro atoms. The molecule has 1 aromatic carbocycles. The monoisotopic (exact) mass is 249 g/mol. The summed E-state index contributed by atoms with van der Waals surface area (Å²) in [6.07, 6.45) is 3.75. The Morgan fingerprint density at radius 3 is 3.06 bits per heavy atom. The highest BCUT2D eigenvalue weighted by Crippen LogP contribution is 2.41. The normalized spacial score (nSPS) is 12.8. The average Bonchev–Trinajstić information content (AvgIpc) is 2.81. The Morgan fingerprint density at radius 2 is 2.33 bits per heavy atom. The summed E-state index contributed by atoms with van der Waals surface area (Å²) in [6.45, 7) is 2.19. The summed E-state index contributed by atoms with van der Waals surface area (Å²) in [6, 6.07) is 3.73. The van der Waals surface area contributed by atoms with E-state index in [0.29, 0.717) is 23.8 Å². The van der Waals surface area contributed by atoms with Gasteiger partial charge in [-0.25, -0.2) is 0 Å². The molecule has 1 amide bonds. The Labute approximate surface area is 105 Å². The van der Waals surface area contributed by atoms with Crippen molar-refractivity contribution in [3.8, 4) is 17.2 Å². The van der Waals surface area contributed by atoms with Crippen molar-refractivity contribution in [1.82, 2.24) is 5.32 Å². The van der Waals surface area contributed by atoms with E-state index in [1.54, 1.807) is 7.11 Å². The third-order valence-corrected chi connectivity index (χ3v) is 2.46. The standard InChI is InChI=1S/C13H15NO4/c1-9(15)14-5-3-4-10-6-11(16-2)13-12(7-10)17-8-18-13/h3-4,6-7H,5,8H2,1-2H3,(H,14,15). The van der Waals surface area contributed by atoms with E-state index >= 15 is 0 Å². The molecule has 0 atom stereocenters. The molecule has 0 radical (unpaired) electrons. The van der Waals surface area contributed by atoms with E-state index in [-0.39, 0.29) is 12.7 Å². The van der Waals surface area contributed by atoms with Crippen LogP contribution < -0.4 is 19.5 Å². The minimum Gasteiger partial charge on any atom is -0.493 e. The second-order valence-corrected chi connectivity index (χ2v) is 3.80. The van der Waals surface area contributed by atoms with Gasteiger partial charge in [0.2, 0.25) is 18.4 Å². The van der Waals surface area contributed by atoms with Crippen LogP contribution in [-0.2, 0) is 4.79 Å². The van der Waals surface area contributed by atoms with Crippen molar-refractivity contribution < 1.29 is 19.0 Å². The van der Waals surface area contributed by atoms with Crippen LogP contribution in [-0.4, -0.2) is 26.4 Å². The Kier molecular flexibility index (Phi) is 3.72. The van der Waals surface area contributed by atoms with E-state index in [2.05, 4.69) is 5.32 Å². The molecule has 1 aliphatic heterocycles. The van der Waals surface area contributed by atoms with E-state index < -0.39 is 0 Å². The van der Waals surface area contributed by atoms with E-state index in [0.717, 1.165) is 5.56 Å². The van der Waals surface area contributed by atoms with Gasteiger partial charge in [0.25, 0.3) is 0 Å². The first-order valence-electron chi connectivity index (χ1n) is 5.59. The summed E-state index contributed by atoms with van der Waals surface area (Å²) in [5, 5.41) is 2.68. The van der Waals surface area contributed by atoms with Gasteiger partial charge in [-0.3, -0.25) is 4.79 Å². The van der Waals surface area contributed by atoms with Crippen LogP contribution in [0.15, 0.2) is 18.2 Å². The van der Waals surface area contributed by atoms with Gasteiger partial charge in [-0.2, -0.15) is 0 Å². The molecule has 1 N–H and O–H groups in total. The fourth-order valence-electron chi connectivity index (χ4n) is 1.64. The van der Waals surface area contributed by atoms with Gasteiger partial charge in [-0.15, -0.1) is 0 Å². The van der Waals surface area contributed by atoms with Crippen LogP contribution in [0.1, 0.15) is 12.5 Å². The molecule has 96 valence electrons. The largest absolute Gasteiger partial charge is 0.493 e. The van der Waals surface area contributed by atoms with Crippen molar-refractivity contribution in [2.75, 3.05) is 20.4 Å². The molecule has 0 saturated carbocycles. The predicted molar refractivity (Wildman–Crippen MR) is 66.8 cm³/mol. The lowest BCUT2D eigenvalue weighted by atomic mass is 10.1. The number of hydrogen-bond donors (Lipinski definition) is 1. The minimum absolute atomic E-state index is 0.0529. The molecule has 0 fully saturated rings. The first-order valence-corrected chi connectivity index (χ1v) is 5.59. The number of nitrogens with one attached hydrogen (secondary N) is 1. The van der Waals surface area contributed by atoms with Gasteiger partial charge < -0.3 is 19.5 Å². The molecule has 0 aliphatic carbocycles. The summed E-state index contributed by atoms with van der Waals surface area (Å²) >= 11 is 0. The molecule has 0 bridgehead atoms. The van der Waals surface area contributed by atoms with E-state index in [1.165, 1.54) is 6.92 Å². The van der Waals surface area contributed by atoms with Crippen LogP contribution in [0.2, 0.25) is 0 Å².